The number of halogens is 3. The lowest BCUT2D eigenvalue weighted by molar-refractivity contribution is -0.161. The van der Waals surface area contributed by atoms with Gasteiger partial charge in [0.05, 0.1) is 6.61 Å². The highest BCUT2D eigenvalue weighted by molar-refractivity contribution is 5.77. The lowest BCUT2D eigenvalue weighted by atomic mass is 10.3. The van der Waals surface area contributed by atoms with E-state index < -0.39 is 25.2 Å². The fourth-order valence-corrected chi connectivity index (χ4v) is 0.882. The molecule has 6 heteroatoms. The van der Waals surface area contributed by atoms with E-state index in [4.69, 9.17) is 5.11 Å². The van der Waals surface area contributed by atoms with Gasteiger partial charge in [0.15, 0.2) is 0 Å². The Morgan fingerprint density at radius 3 is 2.43 bits per heavy atom. The largest absolute Gasteiger partial charge is 0.406 e. The van der Waals surface area contributed by atoms with Crippen LogP contribution in [0.25, 0.3) is 0 Å². The van der Waals surface area contributed by atoms with Gasteiger partial charge in [0.25, 0.3) is 0 Å². The summed E-state index contributed by atoms with van der Waals surface area (Å²) in [6.07, 6.45) is -3.37. The number of hydrogen-bond donors (Lipinski definition) is 1. The number of carbonyl (C=O) groups is 1. The van der Waals surface area contributed by atoms with E-state index in [0.29, 0.717) is 4.90 Å². The van der Waals surface area contributed by atoms with Crippen LogP contribution in [0.5, 0.6) is 0 Å². The number of alkyl halides is 3. The average Bonchev–Trinajstić information content (AvgIpc) is 2.01. The molecule has 0 atom stereocenters. The Morgan fingerprint density at radius 1 is 1.50 bits per heavy atom. The van der Waals surface area contributed by atoms with Crippen molar-refractivity contribution in [3.05, 3.63) is 12.7 Å². The fourth-order valence-electron chi connectivity index (χ4n) is 0.882. The summed E-state index contributed by atoms with van der Waals surface area (Å²) in [6.45, 7) is 1.11. The molecule has 0 bridgehead atoms. The molecule has 0 fully saturated rings. The number of carbonyl (C=O) groups excluding carboxylic acids is 1. The molecule has 82 valence electrons. The van der Waals surface area contributed by atoms with Crippen LogP contribution in [0.15, 0.2) is 12.7 Å². The molecule has 0 aromatic rings. The van der Waals surface area contributed by atoms with E-state index in [0.717, 1.165) is 0 Å². The zero-order valence-electron chi connectivity index (χ0n) is 7.55. The average molecular weight is 211 g/mol. The quantitative estimate of drug-likeness (QED) is 0.688. The van der Waals surface area contributed by atoms with Crippen LogP contribution < -0.4 is 0 Å². The van der Waals surface area contributed by atoms with Gasteiger partial charge in [0.2, 0.25) is 5.91 Å². The van der Waals surface area contributed by atoms with Crippen LogP contribution in [0, 0.1) is 0 Å². The standard InChI is InChI=1S/C8H12F3NO2/c1-2-3-7(14)12(4-5-13)6-8(9,10)11/h2,13H,1,3-6H2. The van der Waals surface area contributed by atoms with E-state index in [9.17, 15) is 18.0 Å². The van der Waals surface area contributed by atoms with Gasteiger partial charge in [-0.15, -0.1) is 6.58 Å². The van der Waals surface area contributed by atoms with Crippen molar-refractivity contribution in [2.75, 3.05) is 19.7 Å². The van der Waals surface area contributed by atoms with Gasteiger partial charge in [0.1, 0.15) is 6.54 Å². The molecule has 0 saturated carbocycles. The third-order valence-corrected chi connectivity index (χ3v) is 1.41. The van der Waals surface area contributed by atoms with Crippen LogP contribution in [0.1, 0.15) is 6.42 Å². The SMILES string of the molecule is C=CCC(=O)N(CCO)CC(F)(F)F. The van der Waals surface area contributed by atoms with Gasteiger partial charge in [0, 0.05) is 13.0 Å². The van der Waals surface area contributed by atoms with Gasteiger partial charge < -0.3 is 10.0 Å². The predicted octanol–water partition coefficient (Wildman–Crippen LogP) is 0.946. The van der Waals surface area contributed by atoms with Gasteiger partial charge in [-0.05, 0) is 0 Å². The maximum Gasteiger partial charge on any atom is 0.406 e. The second-order valence-corrected chi connectivity index (χ2v) is 2.65. The van der Waals surface area contributed by atoms with Crippen LogP contribution >= 0.6 is 0 Å². The van der Waals surface area contributed by atoms with Crippen LogP contribution in [0.2, 0.25) is 0 Å². The molecule has 1 N–H and O–H groups in total. The number of rotatable bonds is 5. The Balaban J connectivity index is 4.27. The van der Waals surface area contributed by atoms with E-state index >= 15 is 0 Å². The normalized spacial score (nSPS) is 11.1. The summed E-state index contributed by atoms with van der Waals surface area (Å²) in [6, 6.07) is 0. The third kappa shape index (κ3) is 5.58. The van der Waals surface area contributed by atoms with Crippen molar-refractivity contribution in [1.82, 2.24) is 4.90 Å². The van der Waals surface area contributed by atoms with Gasteiger partial charge in [-0.3, -0.25) is 4.79 Å². The lowest BCUT2D eigenvalue weighted by Gasteiger charge is -2.22. The molecule has 0 aliphatic rings. The first-order chi connectivity index (χ1) is 6.40. The van der Waals surface area contributed by atoms with Crippen LogP contribution in [0.3, 0.4) is 0 Å². The minimum Gasteiger partial charge on any atom is -0.395 e. The van der Waals surface area contributed by atoms with Crippen molar-refractivity contribution >= 4 is 5.91 Å². The zero-order chi connectivity index (χ0) is 11.2. The number of amides is 1. The van der Waals surface area contributed by atoms with Crippen LogP contribution in [-0.2, 0) is 4.79 Å². The van der Waals surface area contributed by atoms with E-state index in [1.807, 2.05) is 0 Å². The van der Waals surface area contributed by atoms with Gasteiger partial charge in [-0.2, -0.15) is 13.2 Å². The van der Waals surface area contributed by atoms with E-state index in [-0.39, 0.29) is 13.0 Å². The molecule has 3 nitrogen and oxygen atoms in total. The van der Waals surface area contributed by atoms with Gasteiger partial charge in [-0.1, -0.05) is 6.08 Å². The van der Waals surface area contributed by atoms with E-state index in [2.05, 4.69) is 6.58 Å². The minimum atomic E-state index is -4.44. The molecule has 0 saturated heterocycles. The summed E-state index contributed by atoms with van der Waals surface area (Å²) in [5.41, 5.74) is 0. The maximum absolute atomic E-state index is 11.9. The first kappa shape index (κ1) is 13.0. The molecule has 0 spiro atoms. The van der Waals surface area contributed by atoms with Crippen molar-refractivity contribution in [2.45, 2.75) is 12.6 Å². The molecule has 0 aliphatic heterocycles. The van der Waals surface area contributed by atoms with Crippen molar-refractivity contribution in [3.8, 4) is 0 Å². The summed E-state index contributed by atoms with van der Waals surface area (Å²) in [7, 11) is 0. The van der Waals surface area contributed by atoms with Gasteiger partial charge in [-0.25, -0.2) is 0 Å². The summed E-state index contributed by atoms with van der Waals surface area (Å²) < 4.78 is 35.8. The Morgan fingerprint density at radius 2 is 2.07 bits per heavy atom. The Kier molecular flexibility index (Phi) is 5.22. The molecule has 0 aromatic heterocycles. The Bertz CT molecular complexity index is 203. The molecule has 0 rings (SSSR count). The first-order valence-electron chi connectivity index (χ1n) is 3.97. The van der Waals surface area contributed by atoms with Crippen LogP contribution in [-0.4, -0.2) is 41.8 Å². The Labute approximate surface area is 79.8 Å². The monoisotopic (exact) mass is 211 g/mol. The fraction of sp³-hybridized carbons (Fsp3) is 0.625. The molecular formula is C8H12F3NO2. The smallest absolute Gasteiger partial charge is 0.395 e. The lowest BCUT2D eigenvalue weighted by Crippen LogP contribution is -2.40. The minimum absolute atomic E-state index is 0.157. The molecule has 0 aromatic carbocycles. The molecule has 1 amide bonds. The number of nitrogens with zero attached hydrogens (tertiary/aromatic N) is 1. The predicted molar refractivity (Wildman–Crippen MR) is 44.5 cm³/mol. The second-order valence-electron chi connectivity index (χ2n) is 2.65. The molecule has 0 radical (unpaired) electrons. The molecule has 0 unspecified atom stereocenters. The maximum atomic E-state index is 11.9. The summed E-state index contributed by atoms with van der Waals surface area (Å²) >= 11 is 0. The first-order valence-corrected chi connectivity index (χ1v) is 3.97. The van der Waals surface area contributed by atoms with Gasteiger partial charge >= 0.3 is 6.18 Å². The molecule has 0 heterocycles. The highest BCUT2D eigenvalue weighted by Crippen LogP contribution is 2.16. The van der Waals surface area contributed by atoms with Crippen molar-refractivity contribution in [2.24, 2.45) is 0 Å². The van der Waals surface area contributed by atoms with Crippen LogP contribution in [0.4, 0.5) is 13.2 Å². The highest BCUT2D eigenvalue weighted by Gasteiger charge is 2.32. The van der Waals surface area contributed by atoms with Crippen molar-refractivity contribution in [3.63, 3.8) is 0 Å². The Hall–Kier alpha value is -1.04. The number of aliphatic hydroxyl groups excluding tert-OH is 1. The number of aliphatic hydroxyl groups is 1. The molecule has 0 aliphatic carbocycles. The second kappa shape index (κ2) is 5.64. The molecule has 14 heavy (non-hydrogen) atoms. The van der Waals surface area contributed by atoms with E-state index in [1.54, 1.807) is 0 Å². The van der Waals surface area contributed by atoms with Crippen molar-refractivity contribution < 1.29 is 23.1 Å². The molecular weight excluding hydrogens is 199 g/mol. The summed E-state index contributed by atoms with van der Waals surface area (Å²) in [4.78, 5) is 11.6. The van der Waals surface area contributed by atoms with E-state index in [1.165, 1.54) is 6.08 Å². The third-order valence-electron chi connectivity index (χ3n) is 1.41. The van der Waals surface area contributed by atoms with Crippen molar-refractivity contribution in [1.29, 1.82) is 0 Å². The topological polar surface area (TPSA) is 40.5 Å². The zero-order valence-corrected chi connectivity index (χ0v) is 7.55. The summed E-state index contributed by atoms with van der Waals surface area (Å²) in [5, 5.41) is 8.46. The summed E-state index contributed by atoms with van der Waals surface area (Å²) in [5.74, 6) is -0.689. The number of hydrogen-bond acceptors (Lipinski definition) is 2. The highest BCUT2D eigenvalue weighted by atomic mass is 19.4.